The van der Waals surface area contributed by atoms with Gasteiger partial charge < -0.3 is 14.8 Å². The van der Waals surface area contributed by atoms with Gasteiger partial charge in [0, 0.05) is 30.8 Å². The van der Waals surface area contributed by atoms with E-state index in [-0.39, 0.29) is 25.0 Å². The number of nitrogens with zero attached hydrogens (tertiary/aromatic N) is 2. The summed E-state index contributed by atoms with van der Waals surface area (Å²) in [6.07, 6.45) is 6.00. The number of hydrogen-bond donors (Lipinski definition) is 1. The number of methoxy groups -OCH3 is 2. The van der Waals surface area contributed by atoms with Crippen molar-refractivity contribution in [3.05, 3.63) is 18.2 Å². The second kappa shape index (κ2) is 9.04. The molecular weight excluding hydrogens is 422 g/mol. The van der Waals surface area contributed by atoms with Crippen LogP contribution >= 0.6 is 0 Å². The van der Waals surface area contributed by atoms with Gasteiger partial charge in [0.2, 0.25) is 21.8 Å². The summed E-state index contributed by atoms with van der Waals surface area (Å²) in [4.78, 5) is 28.1. The quantitative estimate of drug-likeness (QED) is 0.700. The van der Waals surface area contributed by atoms with Crippen molar-refractivity contribution in [3.8, 4) is 11.5 Å². The lowest BCUT2D eigenvalue weighted by atomic mass is 9.91. The third kappa shape index (κ3) is 4.95. The molecule has 0 spiro atoms. The number of carbonyl (C=O) groups excluding carboxylic acids is 2. The van der Waals surface area contributed by atoms with Crippen molar-refractivity contribution in [2.24, 2.45) is 0 Å². The van der Waals surface area contributed by atoms with Gasteiger partial charge in [-0.3, -0.25) is 14.5 Å². The standard InChI is InChI=1S/C21H31N3O6S/c1-21(20(26)22-15-8-6-5-7-9-15)14-23(31(4,27)28)13-19(25)24(21)16-10-17(29-2)12-18(11-16)30-3/h10-12,15H,5-9,13-14H2,1-4H3,(H,22,26)/t21-/m0/s1. The van der Waals surface area contributed by atoms with E-state index in [2.05, 4.69) is 5.32 Å². The van der Waals surface area contributed by atoms with Crippen molar-refractivity contribution < 1.29 is 27.5 Å². The molecule has 10 heteroatoms. The number of nitrogens with one attached hydrogen (secondary N) is 1. The van der Waals surface area contributed by atoms with Crippen LogP contribution in [0, 0.1) is 0 Å². The van der Waals surface area contributed by atoms with Crippen molar-refractivity contribution in [2.45, 2.75) is 50.6 Å². The number of carbonyl (C=O) groups is 2. The smallest absolute Gasteiger partial charge is 0.247 e. The number of anilines is 1. The predicted octanol–water partition coefficient (Wildman–Crippen LogP) is 1.52. The molecule has 9 nitrogen and oxygen atoms in total. The Balaban J connectivity index is 2.04. The average Bonchev–Trinajstić information content (AvgIpc) is 2.73. The Hall–Kier alpha value is -2.33. The summed E-state index contributed by atoms with van der Waals surface area (Å²) >= 11 is 0. The van der Waals surface area contributed by atoms with Crippen LogP contribution in [0.2, 0.25) is 0 Å². The van der Waals surface area contributed by atoms with Gasteiger partial charge in [-0.25, -0.2) is 8.42 Å². The first kappa shape index (κ1) is 23.3. The second-order valence-corrected chi connectivity index (χ2v) is 10.4. The van der Waals surface area contributed by atoms with E-state index in [1.165, 1.54) is 19.1 Å². The number of piperazine rings is 1. The molecule has 31 heavy (non-hydrogen) atoms. The van der Waals surface area contributed by atoms with Gasteiger partial charge in [0.1, 0.15) is 17.0 Å². The molecule has 3 rings (SSSR count). The first-order valence-electron chi connectivity index (χ1n) is 10.4. The maximum atomic E-state index is 13.5. The van der Waals surface area contributed by atoms with Crippen molar-refractivity contribution in [1.29, 1.82) is 0 Å². The lowest BCUT2D eigenvalue weighted by Crippen LogP contribution is -2.70. The van der Waals surface area contributed by atoms with E-state index >= 15 is 0 Å². The molecule has 1 saturated carbocycles. The van der Waals surface area contributed by atoms with Gasteiger partial charge in [-0.05, 0) is 19.8 Å². The third-order valence-electron chi connectivity index (χ3n) is 6.03. The number of rotatable bonds is 6. The molecule has 1 aromatic carbocycles. The highest BCUT2D eigenvalue weighted by atomic mass is 32.2. The summed E-state index contributed by atoms with van der Waals surface area (Å²) in [5, 5.41) is 3.06. The Labute approximate surface area is 183 Å². The fraction of sp³-hybridized carbons (Fsp3) is 0.619. The van der Waals surface area contributed by atoms with Gasteiger partial charge >= 0.3 is 0 Å². The first-order valence-corrected chi connectivity index (χ1v) is 12.3. The number of benzene rings is 1. The Morgan fingerprint density at radius 1 is 1.10 bits per heavy atom. The minimum absolute atomic E-state index is 0.0171. The van der Waals surface area contributed by atoms with Gasteiger partial charge in [-0.1, -0.05) is 19.3 Å². The highest BCUT2D eigenvalue weighted by Gasteiger charge is 2.50. The third-order valence-corrected chi connectivity index (χ3v) is 7.23. The van der Waals surface area contributed by atoms with E-state index in [0.29, 0.717) is 17.2 Å². The van der Waals surface area contributed by atoms with Crippen LogP contribution in [0.3, 0.4) is 0 Å². The Morgan fingerprint density at radius 2 is 1.68 bits per heavy atom. The molecule has 1 saturated heterocycles. The molecule has 1 aliphatic carbocycles. The lowest BCUT2D eigenvalue weighted by molar-refractivity contribution is -0.133. The summed E-state index contributed by atoms with van der Waals surface area (Å²) in [7, 11) is -0.677. The summed E-state index contributed by atoms with van der Waals surface area (Å²) in [5.41, 5.74) is -1.02. The number of sulfonamides is 1. The van der Waals surface area contributed by atoms with Gasteiger partial charge in [-0.15, -0.1) is 0 Å². The molecule has 0 radical (unpaired) electrons. The normalized spacial score (nSPS) is 23.5. The maximum Gasteiger partial charge on any atom is 0.247 e. The molecule has 2 fully saturated rings. The number of ether oxygens (including phenoxy) is 2. The molecule has 172 valence electrons. The molecule has 1 N–H and O–H groups in total. The Bertz CT molecular complexity index is 922. The molecule has 1 aliphatic heterocycles. The summed E-state index contributed by atoms with van der Waals surface area (Å²) in [6, 6.07) is 4.97. The highest BCUT2D eigenvalue weighted by Crippen LogP contribution is 2.36. The van der Waals surface area contributed by atoms with Crippen LogP contribution in [-0.4, -0.2) is 69.7 Å². The zero-order valence-electron chi connectivity index (χ0n) is 18.5. The van der Waals surface area contributed by atoms with Gasteiger partial charge in [0.15, 0.2) is 0 Å². The predicted molar refractivity (Wildman–Crippen MR) is 117 cm³/mol. The number of amides is 2. The Morgan fingerprint density at radius 3 is 2.19 bits per heavy atom. The van der Waals surface area contributed by atoms with Crippen molar-refractivity contribution in [3.63, 3.8) is 0 Å². The summed E-state index contributed by atoms with van der Waals surface area (Å²) in [5.74, 6) is 0.0571. The highest BCUT2D eigenvalue weighted by molar-refractivity contribution is 7.88. The molecule has 0 bridgehead atoms. The SMILES string of the molecule is COc1cc(OC)cc(N2C(=O)CN(S(C)(=O)=O)C[C@@]2(C)C(=O)NC2CCCCC2)c1. The van der Waals surface area contributed by atoms with Crippen LogP contribution in [0.1, 0.15) is 39.0 Å². The van der Waals surface area contributed by atoms with Crippen LogP contribution in [0.25, 0.3) is 0 Å². The fourth-order valence-electron chi connectivity index (χ4n) is 4.31. The topological polar surface area (TPSA) is 105 Å². The van der Waals surface area contributed by atoms with E-state index in [4.69, 9.17) is 9.47 Å². The molecule has 1 aromatic rings. The molecule has 0 aromatic heterocycles. The van der Waals surface area contributed by atoms with Crippen LogP contribution in [0.4, 0.5) is 5.69 Å². The van der Waals surface area contributed by atoms with Crippen LogP contribution in [0.15, 0.2) is 18.2 Å². The largest absolute Gasteiger partial charge is 0.497 e. The molecule has 1 atom stereocenters. The van der Waals surface area contributed by atoms with E-state index < -0.39 is 21.5 Å². The number of hydrogen-bond acceptors (Lipinski definition) is 6. The molecule has 2 amide bonds. The minimum atomic E-state index is -3.67. The van der Waals surface area contributed by atoms with E-state index in [9.17, 15) is 18.0 Å². The first-order chi connectivity index (χ1) is 14.6. The fourth-order valence-corrected chi connectivity index (χ4v) is 5.14. The second-order valence-electron chi connectivity index (χ2n) is 8.41. The van der Waals surface area contributed by atoms with Crippen LogP contribution < -0.4 is 19.7 Å². The van der Waals surface area contributed by atoms with Crippen molar-refractivity contribution in [1.82, 2.24) is 9.62 Å². The van der Waals surface area contributed by atoms with E-state index in [0.717, 1.165) is 42.7 Å². The van der Waals surface area contributed by atoms with Crippen LogP contribution in [0.5, 0.6) is 11.5 Å². The van der Waals surface area contributed by atoms with E-state index in [1.54, 1.807) is 25.1 Å². The van der Waals surface area contributed by atoms with Gasteiger partial charge in [-0.2, -0.15) is 4.31 Å². The lowest BCUT2D eigenvalue weighted by Gasteiger charge is -2.47. The maximum absolute atomic E-state index is 13.5. The zero-order chi connectivity index (χ0) is 22.8. The molecule has 0 unspecified atom stereocenters. The van der Waals surface area contributed by atoms with Crippen LogP contribution in [-0.2, 0) is 19.6 Å². The Kier molecular flexibility index (Phi) is 6.80. The average molecular weight is 454 g/mol. The van der Waals surface area contributed by atoms with Crippen molar-refractivity contribution in [2.75, 3.05) is 38.5 Å². The molecule has 1 heterocycles. The van der Waals surface area contributed by atoms with Crippen molar-refractivity contribution >= 4 is 27.5 Å². The van der Waals surface area contributed by atoms with Gasteiger partial charge in [0.05, 0.1) is 32.7 Å². The van der Waals surface area contributed by atoms with Gasteiger partial charge in [0.25, 0.3) is 0 Å². The minimum Gasteiger partial charge on any atom is -0.497 e. The zero-order valence-corrected chi connectivity index (χ0v) is 19.3. The summed E-state index contributed by atoms with van der Waals surface area (Å²) in [6.45, 7) is 1.12. The monoisotopic (exact) mass is 453 g/mol. The van der Waals surface area contributed by atoms with E-state index in [1.807, 2.05) is 0 Å². The molecule has 2 aliphatic rings. The summed E-state index contributed by atoms with van der Waals surface area (Å²) < 4.78 is 36.2. The molecular formula is C21H31N3O6S.